The van der Waals surface area contributed by atoms with Gasteiger partial charge in [0.25, 0.3) is 0 Å². The molecule has 2 atom stereocenters. The van der Waals surface area contributed by atoms with Gasteiger partial charge in [0.2, 0.25) is 11.8 Å². The van der Waals surface area contributed by atoms with E-state index in [1.807, 2.05) is 11.9 Å². The van der Waals surface area contributed by atoms with Gasteiger partial charge in [0.1, 0.15) is 5.54 Å². The van der Waals surface area contributed by atoms with Crippen LogP contribution in [0.25, 0.3) is 0 Å². The van der Waals surface area contributed by atoms with Crippen molar-refractivity contribution in [2.45, 2.75) is 50.2 Å². The fourth-order valence-corrected chi connectivity index (χ4v) is 4.46. The molecule has 0 aromatic heterocycles. The van der Waals surface area contributed by atoms with E-state index in [0.717, 1.165) is 13.0 Å². The molecule has 0 aliphatic carbocycles. The zero-order valence-corrected chi connectivity index (χ0v) is 15.2. The Morgan fingerprint density at radius 1 is 1.29 bits per heavy atom. The normalized spacial score (nSPS) is 30.5. The lowest BCUT2D eigenvalue weighted by Gasteiger charge is -2.48. The number of piperidine rings is 1. The van der Waals surface area contributed by atoms with E-state index in [1.165, 1.54) is 0 Å². The summed E-state index contributed by atoms with van der Waals surface area (Å²) in [6.07, 6.45) is 2.75. The summed E-state index contributed by atoms with van der Waals surface area (Å²) >= 11 is 5.18. The minimum Gasteiger partial charge on any atom is -0.360 e. The van der Waals surface area contributed by atoms with E-state index in [9.17, 15) is 9.59 Å². The number of likely N-dealkylation sites (tertiary alicyclic amines) is 1. The highest BCUT2D eigenvalue weighted by Crippen LogP contribution is 2.30. The van der Waals surface area contributed by atoms with E-state index in [1.54, 1.807) is 0 Å². The van der Waals surface area contributed by atoms with E-state index >= 15 is 0 Å². The second kappa shape index (κ2) is 6.84. The number of nitrogens with one attached hydrogen (secondary N) is 3. The summed E-state index contributed by atoms with van der Waals surface area (Å²) in [5, 5.41) is 9.95. The predicted molar refractivity (Wildman–Crippen MR) is 95.5 cm³/mol. The summed E-state index contributed by atoms with van der Waals surface area (Å²) < 4.78 is 0. The van der Waals surface area contributed by atoms with E-state index in [2.05, 4.69) is 27.8 Å². The predicted octanol–water partition coefficient (Wildman–Crippen LogP) is -0.576. The molecule has 3 heterocycles. The largest absolute Gasteiger partial charge is 0.360 e. The van der Waals surface area contributed by atoms with Crippen LogP contribution >= 0.6 is 12.2 Å². The van der Waals surface area contributed by atoms with Gasteiger partial charge in [-0.3, -0.25) is 14.5 Å². The second-order valence-electron chi connectivity index (χ2n) is 7.25. The lowest BCUT2D eigenvalue weighted by atomic mass is 9.83. The molecule has 3 saturated heterocycles. The smallest absolute Gasteiger partial charge is 0.240 e. The SMILES string of the molecule is C[C@@H]1C[C@@H](CC(=O)N2CCC3(CC2)C(=O)NCCN3C)NC(=S)N1. The van der Waals surface area contributed by atoms with Crippen molar-refractivity contribution >= 4 is 29.1 Å². The van der Waals surface area contributed by atoms with E-state index < -0.39 is 5.54 Å². The molecule has 7 nitrogen and oxygen atoms in total. The Morgan fingerprint density at radius 2 is 2.00 bits per heavy atom. The average molecular weight is 353 g/mol. The molecule has 2 amide bonds. The monoisotopic (exact) mass is 353 g/mol. The van der Waals surface area contributed by atoms with Gasteiger partial charge >= 0.3 is 0 Å². The molecule has 0 unspecified atom stereocenters. The third kappa shape index (κ3) is 3.35. The van der Waals surface area contributed by atoms with Crippen LogP contribution in [0.15, 0.2) is 0 Å². The number of carbonyl (C=O) groups excluding carboxylic acids is 2. The maximum atomic E-state index is 12.6. The number of thiocarbonyl (C=S) groups is 1. The number of likely N-dealkylation sites (N-methyl/N-ethyl adjacent to an activating group) is 1. The molecule has 0 saturated carbocycles. The van der Waals surface area contributed by atoms with Crippen LogP contribution in [0.2, 0.25) is 0 Å². The molecule has 0 radical (unpaired) electrons. The minimum absolute atomic E-state index is 0.0952. The van der Waals surface area contributed by atoms with Crippen LogP contribution in [0.3, 0.4) is 0 Å². The molecule has 3 N–H and O–H groups in total. The van der Waals surface area contributed by atoms with Crippen molar-refractivity contribution in [3.8, 4) is 0 Å². The number of amides is 2. The van der Waals surface area contributed by atoms with Gasteiger partial charge in [0.15, 0.2) is 5.11 Å². The number of hydrogen-bond donors (Lipinski definition) is 3. The quantitative estimate of drug-likeness (QED) is 0.577. The first-order valence-electron chi connectivity index (χ1n) is 8.75. The molecular weight excluding hydrogens is 326 g/mol. The summed E-state index contributed by atoms with van der Waals surface area (Å²) in [5.74, 6) is 0.265. The Kier molecular flexibility index (Phi) is 4.96. The molecule has 24 heavy (non-hydrogen) atoms. The van der Waals surface area contributed by atoms with Crippen molar-refractivity contribution in [2.75, 3.05) is 33.2 Å². The third-order valence-corrected chi connectivity index (χ3v) is 5.84. The van der Waals surface area contributed by atoms with Gasteiger partial charge in [-0.1, -0.05) is 0 Å². The molecule has 3 aliphatic rings. The summed E-state index contributed by atoms with van der Waals surface area (Å²) in [6.45, 7) is 4.93. The van der Waals surface area contributed by atoms with Crippen LogP contribution in [0.5, 0.6) is 0 Å². The fourth-order valence-electron chi connectivity index (χ4n) is 4.09. The molecule has 0 aromatic carbocycles. The highest BCUT2D eigenvalue weighted by atomic mass is 32.1. The van der Waals surface area contributed by atoms with Crippen molar-refractivity contribution < 1.29 is 9.59 Å². The zero-order valence-electron chi connectivity index (χ0n) is 14.4. The van der Waals surface area contributed by atoms with Crippen molar-refractivity contribution in [1.82, 2.24) is 25.8 Å². The van der Waals surface area contributed by atoms with Crippen LogP contribution in [-0.2, 0) is 9.59 Å². The molecule has 3 fully saturated rings. The van der Waals surface area contributed by atoms with E-state index in [-0.39, 0.29) is 17.9 Å². The third-order valence-electron chi connectivity index (χ3n) is 5.60. The summed E-state index contributed by atoms with van der Waals surface area (Å²) in [7, 11) is 2.01. The first kappa shape index (κ1) is 17.4. The highest BCUT2D eigenvalue weighted by Gasteiger charge is 2.47. The molecule has 3 rings (SSSR count). The fraction of sp³-hybridized carbons (Fsp3) is 0.812. The standard InChI is InChI=1S/C16H27N5O2S/c1-11-9-12(19-15(24)18-11)10-13(22)21-6-3-16(4-7-21)14(23)17-5-8-20(16)2/h11-12H,3-10H2,1-2H3,(H,17,23)(H2,18,19,24)/t11-,12+/m1/s1. The van der Waals surface area contributed by atoms with Gasteiger partial charge in [0.05, 0.1) is 0 Å². The Labute approximate surface area is 148 Å². The van der Waals surface area contributed by atoms with Gasteiger partial charge in [-0.05, 0) is 45.5 Å². The number of rotatable bonds is 2. The summed E-state index contributed by atoms with van der Waals surface area (Å²) in [6, 6.07) is 0.388. The average Bonchev–Trinajstić information content (AvgIpc) is 2.52. The van der Waals surface area contributed by atoms with Crippen LogP contribution < -0.4 is 16.0 Å². The van der Waals surface area contributed by atoms with Crippen LogP contribution in [0, 0.1) is 0 Å². The van der Waals surface area contributed by atoms with Crippen molar-refractivity contribution in [3.05, 3.63) is 0 Å². The van der Waals surface area contributed by atoms with Gasteiger partial charge in [0, 0.05) is 44.7 Å². The highest BCUT2D eigenvalue weighted by molar-refractivity contribution is 7.80. The Morgan fingerprint density at radius 3 is 2.62 bits per heavy atom. The van der Waals surface area contributed by atoms with Gasteiger partial charge in [-0.2, -0.15) is 0 Å². The van der Waals surface area contributed by atoms with Crippen LogP contribution in [0.4, 0.5) is 0 Å². The number of piperazine rings is 1. The molecule has 3 aliphatic heterocycles. The molecule has 1 spiro atoms. The molecular formula is C16H27N5O2S. The topological polar surface area (TPSA) is 76.7 Å². The Hall–Kier alpha value is -1.41. The first-order valence-corrected chi connectivity index (χ1v) is 9.16. The number of hydrogen-bond acceptors (Lipinski definition) is 4. The Balaban J connectivity index is 1.55. The van der Waals surface area contributed by atoms with E-state index in [4.69, 9.17) is 12.2 Å². The lowest BCUT2D eigenvalue weighted by Crippen LogP contribution is -2.67. The van der Waals surface area contributed by atoms with Crippen LogP contribution in [0.1, 0.15) is 32.6 Å². The summed E-state index contributed by atoms with van der Waals surface area (Å²) in [4.78, 5) is 29.0. The second-order valence-corrected chi connectivity index (χ2v) is 7.65. The van der Waals surface area contributed by atoms with Crippen molar-refractivity contribution in [2.24, 2.45) is 0 Å². The zero-order chi connectivity index (χ0) is 17.3. The molecule has 8 heteroatoms. The van der Waals surface area contributed by atoms with Gasteiger partial charge < -0.3 is 20.9 Å². The number of nitrogens with zero attached hydrogens (tertiary/aromatic N) is 2. The first-order chi connectivity index (χ1) is 11.4. The summed E-state index contributed by atoms with van der Waals surface area (Å²) in [5.41, 5.74) is -0.432. The lowest BCUT2D eigenvalue weighted by molar-refractivity contribution is -0.145. The Bertz CT molecular complexity index is 533. The van der Waals surface area contributed by atoms with Crippen molar-refractivity contribution in [1.29, 1.82) is 0 Å². The maximum Gasteiger partial charge on any atom is 0.240 e. The van der Waals surface area contributed by atoms with Crippen molar-refractivity contribution in [3.63, 3.8) is 0 Å². The van der Waals surface area contributed by atoms with Gasteiger partial charge in [-0.15, -0.1) is 0 Å². The van der Waals surface area contributed by atoms with E-state index in [0.29, 0.717) is 50.1 Å². The molecule has 134 valence electrons. The molecule has 0 bridgehead atoms. The minimum atomic E-state index is -0.432. The van der Waals surface area contributed by atoms with Gasteiger partial charge in [-0.25, -0.2) is 0 Å². The molecule has 0 aromatic rings. The number of carbonyl (C=O) groups is 2. The van der Waals surface area contributed by atoms with Crippen LogP contribution in [-0.4, -0.2) is 77.6 Å². The maximum absolute atomic E-state index is 12.6.